The van der Waals surface area contributed by atoms with Crippen LogP contribution < -0.4 is 5.32 Å². The van der Waals surface area contributed by atoms with Crippen LogP contribution in [0.5, 0.6) is 0 Å². The number of hydrogen-bond acceptors (Lipinski definition) is 3. The van der Waals surface area contributed by atoms with Crippen LogP contribution in [-0.2, 0) is 4.79 Å². The van der Waals surface area contributed by atoms with E-state index in [1.54, 1.807) is 24.3 Å². The highest BCUT2D eigenvalue weighted by molar-refractivity contribution is 9.10. The lowest BCUT2D eigenvalue weighted by atomic mass is 10.2. The second kappa shape index (κ2) is 9.14. The summed E-state index contributed by atoms with van der Waals surface area (Å²) < 4.78 is 0.827. The summed E-state index contributed by atoms with van der Waals surface area (Å²) in [6.45, 7) is 1.49. The van der Waals surface area contributed by atoms with Gasteiger partial charge in [0, 0.05) is 28.0 Å². The molecule has 0 unspecified atom stereocenters. The molecule has 0 radical (unpaired) electrons. The molecule has 1 aromatic heterocycles. The van der Waals surface area contributed by atoms with E-state index in [4.69, 9.17) is 0 Å². The van der Waals surface area contributed by atoms with Crippen molar-refractivity contribution in [3.63, 3.8) is 0 Å². The van der Waals surface area contributed by atoms with Crippen LogP contribution in [0.15, 0.2) is 51.9 Å². The number of rotatable bonds is 4. The van der Waals surface area contributed by atoms with Crippen LogP contribution in [0.25, 0.3) is 6.08 Å². The molecular formula is C20H21BrN2O2S. The van der Waals surface area contributed by atoms with Crippen molar-refractivity contribution < 1.29 is 9.59 Å². The van der Waals surface area contributed by atoms with Gasteiger partial charge < -0.3 is 10.2 Å². The van der Waals surface area contributed by atoms with Crippen LogP contribution in [0.1, 0.15) is 40.9 Å². The van der Waals surface area contributed by atoms with Crippen molar-refractivity contribution in [1.82, 2.24) is 10.2 Å². The molecule has 0 atom stereocenters. The standard InChI is InChI=1S/C20H21BrN2O2S/c21-16-8-5-7-15(13-16)19(24)22-18(14-17-9-6-12-26-17)20(25)23-10-3-1-2-4-11-23/h5-9,12-14H,1-4,10-11H2,(H,22,24)/b18-14+. The predicted molar refractivity (Wildman–Crippen MR) is 109 cm³/mol. The number of likely N-dealkylation sites (tertiary alicyclic amines) is 1. The minimum Gasteiger partial charge on any atom is -0.337 e. The number of thiophene rings is 1. The maximum absolute atomic E-state index is 13.0. The monoisotopic (exact) mass is 432 g/mol. The van der Waals surface area contributed by atoms with Crippen LogP contribution in [0.3, 0.4) is 0 Å². The molecule has 1 aromatic carbocycles. The molecule has 2 heterocycles. The molecule has 1 aliphatic rings. The zero-order valence-electron chi connectivity index (χ0n) is 14.4. The summed E-state index contributed by atoms with van der Waals surface area (Å²) in [5.74, 6) is -0.388. The van der Waals surface area contributed by atoms with Gasteiger partial charge in [-0.2, -0.15) is 0 Å². The molecule has 0 saturated carbocycles. The van der Waals surface area contributed by atoms with Gasteiger partial charge in [0.05, 0.1) is 0 Å². The number of benzene rings is 1. The molecule has 6 heteroatoms. The molecule has 4 nitrogen and oxygen atoms in total. The number of carbonyl (C=O) groups excluding carboxylic acids is 2. The van der Waals surface area contributed by atoms with Crippen LogP contribution >= 0.6 is 27.3 Å². The van der Waals surface area contributed by atoms with E-state index in [2.05, 4.69) is 21.2 Å². The van der Waals surface area contributed by atoms with Crippen LogP contribution in [-0.4, -0.2) is 29.8 Å². The first-order valence-electron chi connectivity index (χ1n) is 8.75. The SMILES string of the molecule is O=C(N/C(=C/c1cccs1)C(=O)N1CCCCCC1)c1cccc(Br)c1. The van der Waals surface area contributed by atoms with Gasteiger partial charge in [0.15, 0.2) is 0 Å². The van der Waals surface area contributed by atoms with Gasteiger partial charge in [-0.1, -0.05) is 40.9 Å². The topological polar surface area (TPSA) is 49.4 Å². The van der Waals surface area contributed by atoms with Crippen molar-refractivity contribution in [2.24, 2.45) is 0 Å². The van der Waals surface area contributed by atoms with Gasteiger partial charge in [0.25, 0.3) is 11.8 Å². The minimum atomic E-state index is -0.280. The predicted octanol–water partition coefficient (Wildman–Crippen LogP) is 4.68. The Bertz CT molecular complexity index is 794. The molecular weight excluding hydrogens is 412 g/mol. The Labute approximate surface area is 166 Å². The normalized spacial score (nSPS) is 15.4. The fraction of sp³-hybridized carbons (Fsp3) is 0.300. The minimum absolute atomic E-state index is 0.108. The number of nitrogens with zero attached hydrogens (tertiary/aromatic N) is 1. The zero-order valence-corrected chi connectivity index (χ0v) is 16.8. The van der Waals surface area contributed by atoms with Gasteiger partial charge in [-0.15, -0.1) is 11.3 Å². The average Bonchev–Trinajstić information content (AvgIpc) is 3.00. The molecule has 2 aromatic rings. The number of halogens is 1. The van der Waals surface area contributed by atoms with Crippen molar-refractivity contribution >= 4 is 45.2 Å². The summed E-state index contributed by atoms with van der Waals surface area (Å²) in [4.78, 5) is 28.5. The lowest BCUT2D eigenvalue weighted by molar-refractivity contribution is -0.127. The van der Waals surface area contributed by atoms with E-state index in [-0.39, 0.29) is 11.8 Å². The van der Waals surface area contributed by atoms with Gasteiger partial charge in [0.1, 0.15) is 5.70 Å². The quantitative estimate of drug-likeness (QED) is 0.712. The van der Waals surface area contributed by atoms with Gasteiger partial charge in [0.2, 0.25) is 0 Å². The highest BCUT2D eigenvalue weighted by Crippen LogP contribution is 2.17. The number of nitrogens with one attached hydrogen (secondary N) is 1. The van der Waals surface area contributed by atoms with Gasteiger partial charge in [-0.05, 0) is 48.6 Å². The number of amides is 2. The van der Waals surface area contributed by atoms with Crippen molar-refractivity contribution in [3.05, 3.63) is 62.4 Å². The Morgan fingerprint density at radius 3 is 2.50 bits per heavy atom. The first-order valence-corrected chi connectivity index (χ1v) is 10.4. The zero-order chi connectivity index (χ0) is 18.4. The van der Waals surface area contributed by atoms with Crippen LogP contribution in [0, 0.1) is 0 Å². The smallest absolute Gasteiger partial charge is 0.270 e. The van der Waals surface area contributed by atoms with Gasteiger partial charge in [-0.3, -0.25) is 9.59 Å². The Morgan fingerprint density at radius 1 is 1.08 bits per heavy atom. The molecule has 0 aliphatic carbocycles. The van der Waals surface area contributed by atoms with Gasteiger partial charge in [-0.25, -0.2) is 0 Å². The van der Waals surface area contributed by atoms with Crippen LogP contribution in [0.4, 0.5) is 0 Å². The first-order chi connectivity index (χ1) is 12.6. The maximum Gasteiger partial charge on any atom is 0.270 e. The lowest BCUT2D eigenvalue weighted by Gasteiger charge is -2.22. The highest BCUT2D eigenvalue weighted by atomic mass is 79.9. The number of hydrogen-bond donors (Lipinski definition) is 1. The van der Waals surface area contributed by atoms with E-state index in [9.17, 15) is 9.59 Å². The second-order valence-corrected chi connectivity index (χ2v) is 8.14. The largest absolute Gasteiger partial charge is 0.337 e. The third kappa shape index (κ3) is 5.05. The molecule has 0 spiro atoms. The second-order valence-electron chi connectivity index (χ2n) is 6.24. The van der Waals surface area contributed by atoms with Crippen molar-refractivity contribution in [2.45, 2.75) is 25.7 Å². The molecule has 2 amide bonds. The third-order valence-electron chi connectivity index (χ3n) is 4.29. The first kappa shape index (κ1) is 18.9. The fourth-order valence-corrected chi connectivity index (χ4v) is 3.99. The Balaban J connectivity index is 1.83. The molecule has 1 N–H and O–H groups in total. The van der Waals surface area contributed by atoms with Crippen molar-refractivity contribution in [2.75, 3.05) is 13.1 Å². The molecule has 1 fully saturated rings. The molecule has 0 bridgehead atoms. The van der Waals surface area contributed by atoms with E-state index in [0.29, 0.717) is 11.3 Å². The summed E-state index contributed by atoms with van der Waals surface area (Å²) >= 11 is 4.92. The van der Waals surface area contributed by atoms with Gasteiger partial charge >= 0.3 is 0 Å². The molecule has 136 valence electrons. The average molecular weight is 433 g/mol. The molecule has 26 heavy (non-hydrogen) atoms. The van der Waals surface area contributed by atoms with E-state index in [1.165, 1.54) is 11.3 Å². The summed E-state index contributed by atoms with van der Waals surface area (Å²) in [5.41, 5.74) is 0.847. The molecule has 3 rings (SSSR count). The third-order valence-corrected chi connectivity index (χ3v) is 5.60. The maximum atomic E-state index is 13.0. The number of carbonyl (C=O) groups is 2. The Morgan fingerprint density at radius 2 is 1.85 bits per heavy atom. The Kier molecular flexibility index (Phi) is 6.63. The van der Waals surface area contributed by atoms with Crippen molar-refractivity contribution in [3.8, 4) is 0 Å². The molecule has 1 aliphatic heterocycles. The Hall–Kier alpha value is -1.92. The summed E-state index contributed by atoms with van der Waals surface area (Å²) in [7, 11) is 0. The van der Waals surface area contributed by atoms with E-state index in [1.807, 2.05) is 28.5 Å². The summed E-state index contributed by atoms with van der Waals surface area (Å²) in [6, 6.07) is 11.0. The lowest BCUT2D eigenvalue weighted by Crippen LogP contribution is -2.38. The van der Waals surface area contributed by atoms with E-state index in [0.717, 1.165) is 48.1 Å². The fourth-order valence-electron chi connectivity index (χ4n) is 2.94. The van der Waals surface area contributed by atoms with E-state index >= 15 is 0 Å². The highest BCUT2D eigenvalue weighted by Gasteiger charge is 2.22. The molecule has 1 saturated heterocycles. The summed E-state index contributed by atoms with van der Waals surface area (Å²) in [6.07, 6.45) is 6.10. The van der Waals surface area contributed by atoms with Crippen LogP contribution in [0.2, 0.25) is 0 Å². The van der Waals surface area contributed by atoms with Crippen molar-refractivity contribution in [1.29, 1.82) is 0 Å². The summed E-state index contributed by atoms with van der Waals surface area (Å²) in [5, 5.41) is 4.79. The van der Waals surface area contributed by atoms with E-state index < -0.39 is 0 Å².